The number of nitrogens with zero attached hydrogens (tertiary/aromatic N) is 1. The Morgan fingerprint density at radius 3 is 2.84 bits per heavy atom. The summed E-state index contributed by atoms with van der Waals surface area (Å²) in [7, 11) is 1.63. The lowest BCUT2D eigenvalue weighted by atomic mass is 10.1. The van der Waals surface area contributed by atoms with E-state index in [9.17, 15) is 4.79 Å². The maximum absolute atomic E-state index is 11.0. The highest BCUT2D eigenvalue weighted by molar-refractivity contribution is 5.92. The van der Waals surface area contributed by atoms with Gasteiger partial charge in [-0.3, -0.25) is 4.79 Å². The first-order chi connectivity index (χ1) is 9.02. The number of amides is 1. The van der Waals surface area contributed by atoms with Crippen molar-refractivity contribution < 1.29 is 9.53 Å². The molecule has 0 saturated heterocycles. The lowest BCUT2D eigenvalue weighted by Crippen LogP contribution is -2.40. The summed E-state index contributed by atoms with van der Waals surface area (Å²) in [6.45, 7) is 2.88. The molecule has 1 unspecified atom stereocenters. The molecular formula is C13H20N4O2. The van der Waals surface area contributed by atoms with Crippen LogP contribution in [0.4, 0.5) is 0 Å². The van der Waals surface area contributed by atoms with Crippen LogP contribution in [0, 0.1) is 0 Å². The van der Waals surface area contributed by atoms with Gasteiger partial charge >= 0.3 is 0 Å². The fraction of sp³-hybridized carbons (Fsp3) is 0.385. The van der Waals surface area contributed by atoms with E-state index in [2.05, 4.69) is 10.3 Å². The van der Waals surface area contributed by atoms with E-state index < -0.39 is 5.91 Å². The molecule has 0 radical (unpaired) electrons. The zero-order chi connectivity index (χ0) is 14.3. The Balaban J connectivity index is 2.59. The number of guanidine groups is 1. The minimum absolute atomic E-state index is 0.0886. The Hall–Kier alpha value is -2.08. The van der Waals surface area contributed by atoms with Crippen LogP contribution >= 0.6 is 0 Å². The van der Waals surface area contributed by atoms with Gasteiger partial charge in [0, 0.05) is 18.7 Å². The van der Waals surface area contributed by atoms with Crippen molar-refractivity contribution in [3.63, 3.8) is 0 Å². The third-order valence-corrected chi connectivity index (χ3v) is 2.45. The maximum atomic E-state index is 11.0. The molecule has 0 aliphatic carbocycles. The summed E-state index contributed by atoms with van der Waals surface area (Å²) in [6.07, 6.45) is 0. The fourth-order valence-electron chi connectivity index (χ4n) is 1.59. The molecule has 1 aromatic rings. The molecule has 1 rings (SSSR count). The first-order valence-electron chi connectivity index (χ1n) is 5.97. The van der Waals surface area contributed by atoms with Gasteiger partial charge < -0.3 is 21.5 Å². The highest BCUT2D eigenvalue weighted by Crippen LogP contribution is 2.05. The van der Waals surface area contributed by atoms with Crippen LogP contribution in [0.3, 0.4) is 0 Å². The van der Waals surface area contributed by atoms with Crippen LogP contribution < -0.4 is 16.8 Å². The van der Waals surface area contributed by atoms with Gasteiger partial charge in [-0.25, -0.2) is 4.99 Å². The van der Waals surface area contributed by atoms with E-state index in [0.29, 0.717) is 24.7 Å². The third kappa shape index (κ3) is 5.39. The molecule has 5 N–H and O–H groups in total. The molecule has 1 atom stereocenters. The van der Waals surface area contributed by atoms with Gasteiger partial charge in [-0.1, -0.05) is 12.1 Å². The van der Waals surface area contributed by atoms with Crippen molar-refractivity contribution in [3.8, 4) is 0 Å². The molecule has 1 amide bonds. The molecule has 0 aromatic heterocycles. The second-order valence-electron chi connectivity index (χ2n) is 4.27. The molecule has 104 valence electrons. The average Bonchev–Trinajstić information content (AvgIpc) is 2.37. The lowest BCUT2D eigenvalue weighted by molar-refractivity contribution is 0.1000. The van der Waals surface area contributed by atoms with Gasteiger partial charge in [-0.2, -0.15) is 0 Å². The van der Waals surface area contributed by atoms with Crippen molar-refractivity contribution in [1.82, 2.24) is 5.32 Å². The van der Waals surface area contributed by atoms with E-state index in [0.717, 1.165) is 5.56 Å². The standard InChI is InChI=1S/C13H20N4O2/c1-9(8-19-2)17-13(15)16-7-10-4-3-5-11(6-10)12(14)18/h3-6,9H,7-8H2,1-2H3,(H2,14,18)(H3,15,16,17). The number of methoxy groups -OCH3 is 1. The number of primary amides is 1. The zero-order valence-corrected chi connectivity index (χ0v) is 11.2. The van der Waals surface area contributed by atoms with Gasteiger partial charge in [0.15, 0.2) is 5.96 Å². The number of nitrogens with one attached hydrogen (secondary N) is 1. The normalized spacial score (nSPS) is 13.1. The molecule has 0 aliphatic rings. The Kier molecular flexibility index (Phi) is 5.81. The van der Waals surface area contributed by atoms with E-state index in [1.165, 1.54) is 0 Å². The van der Waals surface area contributed by atoms with Crippen LogP contribution in [0.5, 0.6) is 0 Å². The fourth-order valence-corrected chi connectivity index (χ4v) is 1.59. The largest absolute Gasteiger partial charge is 0.383 e. The summed E-state index contributed by atoms with van der Waals surface area (Å²) in [5.74, 6) is -0.111. The van der Waals surface area contributed by atoms with E-state index in [1.54, 1.807) is 25.3 Å². The van der Waals surface area contributed by atoms with E-state index >= 15 is 0 Å². The maximum Gasteiger partial charge on any atom is 0.248 e. The molecule has 0 bridgehead atoms. The van der Waals surface area contributed by atoms with Crippen LogP contribution in [0.1, 0.15) is 22.8 Å². The molecule has 0 saturated carbocycles. The molecule has 19 heavy (non-hydrogen) atoms. The molecule has 1 aromatic carbocycles. The average molecular weight is 264 g/mol. The number of hydrogen-bond acceptors (Lipinski definition) is 3. The first kappa shape index (κ1) is 15.0. The van der Waals surface area contributed by atoms with Crippen LogP contribution in [-0.2, 0) is 11.3 Å². The zero-order valence-electron chi connectivity index (χ0n) is 11.2. The van der Waals surface area contributed by atoms with Crippen molar-refractivity contribution in [1.29, 1.82) is 0 Å². The van der Waals surface area contributed by atoms with Crippen molar-refractivity contribution in [2.24, 2.45) is 16.5 Å². The summed E-state index contributed by atoms with van der Waals surface area (Å²) in [6, 6.07) is 7.09. The number of rotatable bonds is 6. The number of nitrogens with two attached hydrogens (primary N) is 2. The van der Waals surface area contributed by atoms with E-state index in [4.69, 9.17) is 16.2 Å². The monoisotopic (exact) mass is 264 g/mol. The molecule has 0 fully saturated rings. The van der Waals surface area contributed by atoms with Crippen molar-refractivity contribution in [2.75, 3.05) is 13.7 Å². The number of hydrogen-bond donors (Lipinski definition) is 3. The second-order valence-corrected chi connectivity index (χ2v) is 4.27. The quantitative estimate of drug-likeness (QED) is 0.505. The predicted octanol–water partition coefficient (Wildman–Crippen LogP) is 0.225. The molecule has 0 aliphatic heterocycles. The molecule has 6 nitrogen and oxygen atoms in total. The van der Waals surface area contributed by atoms with E-state index in [1.807, 2.05) is 13.0 Å². The number of benzene rings is 1. The van der Waals surface area contributed by atoms with Crippen LogP contribution in [0.25, 0.3) is 0 Å². The summed E-state index contributed by atoms with van der Waals surface area (Å²) in [5, 5.41) is 3.00. The predicted molar refractivity (Wildman–Crippen MR) is 74.8 cm³/mol. The summed E-state index contributed by atoms with van der Waals surface area (Å²) in [5.41, 5.74) is 12.3. The Bertz CT molecular complexity index is 460. The van der Waals surface area contributed by atoms with Crippen LogP contribution in [0.15, 0.2) is 29.3 Å². The van der Waals surface area contributed by atoms with Gasteiger partial charge in [-0.05, 0) is 24.6 Å². The number of carbonyl (C=O) groups is 1. The summed E-state index contributed by atoms with van der Waals surface area (Å²) in [4.78, 5) is 15.2. The molecule has 0 spiro atoms. The molecular weight excluding hydrogens is 244 g/mol. The second kappa shape index (κ2) is 7.38. The SMILES string of the molecule is COCC(C)NC(N)=NCc1cccc(C(N)=O)c1. The summed E-state index contributed by atoms with van der Waals surface area (Å²) < 4.78 is 4.98. The molecule has 0 heterocycles. The topological polar surface area (TPSA) is 103 Å². The van der Waals surface area contributed by atoms with Gasteiger partial charge in [0.2, 0.25) is 5.91 Å². The minimum Gasteiger partial charge on any atom is -0.383 e. The van der Waals surface area contributed by atoms with Crippen molar-refractivity contribution >= 4 is 11.9 Å². The van der Waals surface area contributed by atoms with Gasteiger partial charge in [-0.15, -0.1) is 0 Å². The van der Waals surface area contributed by atoms with Crippen LogP contribution in [0.2, 0.25) is 0 Å². The highest BCUT2D eigenvalue weighted by atomic mass is 16.5. The van der Waals surface area contributed by atoms with Crippen molar-refractivity contribution in [2.45, 2.75) is 19.5 Å². The lowest BCUT2D eigenvalue weighted by Gasteiger charge is -2.13. The molecule has 6 heteroatoms. The number of ether oxygens (including phenoxy) is 1. The smallest absolute Gasteiger partial charge is 0.248 e. The first-order valence-corrected chi connectivity index (χ1v) is 5.97. The Morgan fingerprint density at radius 2 is 2.21 bits per heavy atom. The Labute approximate surface area is 112 Å². The van der Waals surface area contributed by atoms with Gasteiger partial charge in [0.1, 0.15) is 0 Å². The minimum atomic E-state index is -0.453. The Morgan fingerprint density at radius 1 is 1.47 bits per heavy atom. The number of aliphatic imine (C=N–C) groups is 1. The van der Waals surface area contributed by atoms with Crippen molar-refractivity contribution in [3.05, 3.63) is 35.4 Å². The summed E-state index contributed by atoms with van der Waals surface area (Å²) >= 11 is 0. The highest BCUT2D eigenvalue weighted by Gasteiger charge is 2.03. The van der Waals surface area contributed by atoms with Gasteiger partial charge in [0.05, 0.1) is 13.2 Å². The van der Waals surface area contributed by atoms with Crippen LogP contribution in [-0.4, -0.2) is 31.6 Å². The van der Waals surface area contributed by atoms with E-state index in [-0.39, 0.29) is 6.04 Å². The van der Waals surface area contributed by atoms with Gasteiger partial charge in [0.25, 0.3) is 0 Å². The number of carbonyl (C=O) groups excluding carboxylic acids is 1. The third-order valence-electron chi connectivity index (χ3n) is 2.45.